The number of amides is 2. The summed E-state index contributed by atoms with van der Waals surface area (Å²) in [4.78, 5) is 44.3. The summed E-state index contributed by atoms with van der Waals surface area (Å²) in [7, 11) is 1.31. The predicted molar refractivity (Wildman–Crippen MR) is 131 cm³/mol. The lowest BCUT2D eigenvalue weighted by Crippen LogP contribution is -2.63. The highest BCUT2D eigenvalue weighted by Crippen LogP contribution is 2.40. The number of methoxy groups -OCH3 is 1. The molecule has 1 aromatic carbocycles. The number of nitrogens with one attached hydrogen (secondary N) is 1. The van der Waals surface area contributed by atoms with Crippen LogP contribution in [0.15, 0.2) is 35.8 Å². The minimum Gasteiger partial charge on any atom is -0.493 e. The van der Waals surface area contributed by atoms with Gasteiger partial charge in [-0.05, 0) is 58.2 Å². The van der Waals surface area contributed by atoms with Crippen molar-refractivity contribution in [2.45, 2.75) is 77.0 Å². The Kier molecular flexibility index (Phi) is 7.87. The SMILES string of the molecule is C=CCCC1(CC)CC(=O)N([C@@H]2CCOc3ccc(C(=O)OC)cc32)/C(=N/C(=O)OC(C)(C)C)N1. The van der Waals surface area contributed by atoms with E-state index in [1.54, 1.807) is 39.0 Å². The van der Waals surface area contributed by atoms with Crippen LogP contribution in [0.2, 0.25) is 0 Å². The fourth-order valence-electron chi connectivity index (χ4n) is 4.42. The van der Waals surface area contributed by atoms with Gasteiger partial charge in [0.05, 0.1) is 31.7 Å². The van der Waals surface area contributed by atoms with Gasteiger partial charge >= 0.3 is 12.1 Å². The van der Waals surface area contributed by atoms with E-state index in [0.29, 0.717) is 49.2 Å². The van der Waals surface area contributed by atoms with Crippen molar-refractivity contribution in [2.75, 3.05) is 13.7 Å². The number of carbonyl (C=O) groups is 3. The van der Waals surface area contributed by atoms with Crippen molar-refractivity contribution >= 4 is 23.9 Å². The molecule has 1 N–H and O–H groups in total. The highest BCUT2D eigenvalue weighted by atomic mass is 16.6. The summed E-state index contributed by atoms with van der Waals surface area (Å²) in [6.07, 6.45) is 3.74. The Morgan fingerprint density at radius 2 is 2.11 bits per heavy atom. The zero-order chi connectivity index (χ0) is 25.8. The molecule has 3 rings (SSSR count). The maximum absolute atomic E-state index is 13.7. The molecule has 2 amide bonds. The minimum atomic E-state index is -0.788. The minimum absolute atomic E-state index is 0.141. The number of hydrogen-bond acceptors (Lipinski definition) is 6. The number of rotatable bonds is 6. The molecule has 1 fully saturated rings. The number of esters is 1. The normalized spacial score (nSPS) is 23.1. The van der Waals surface area contributed by atoms with E-state index in [9.17, 15) is 14.4 Å². The molecule has 2 aliphatic heterocycles. The third kappa shape index (κ3) is 6.01. The molecule has 0 saturated carbocycles. The zero-order valence-electron chi connectivity index (χ0n) is 21.2. The molecule has 1 unspecified atom stereocenters. The van der Waals surface area contributed by atoms with Crippen molar-refractivity contribution in [1.29, 1.82) is 0 Å². The molecular formula is C26H35N3O6. The van der Waals surface area contributed by atoms with Crippen molar-refractivity contribution in [2.24, 2.45) is 4.99 Å². The second kappa shape index (κ2) is 10.5. The summed E-state index contributed by atoms with van der Waals surface area (Å²) in [6, 6.07) is 4.50. The van der Waals surface area contributed by atoms with Crippen LogP contribution in [0.3, 0.4) is 0 Å². The highest BCUT2D eigenvalue weighted by molar-refractivity contribution is 6.04. The second-order valence-corrected chi connectivity index (χ2v) is 9.84. The van der Waals surface area contributed by atoms with Gasteiger partial charge in [-0.15, -0.1) is 11.6 Å². The number of nitrogens with zero attached hydrogens (tertiary/aromatic N) is 2. The fourth-order valence-corrected chi connectivity index (χ4v) is 4.42. The van der Waals surface area contributed by atoms with Crippen LogP contribution in [0, 0.1) is 0 Å². The Bertz CT molecular complexity index is 1030. The Balaban J connectivity index is 2.07. The van der Waals surface area contributed by atoms with Gasteiger partial charge in [0.15, 0.2) is 0 Å². The van der Waals surface area contributed by atoms with Gasteiger partial charge in [0.2, 0.25) is 11.9 Å². The molecule has 0 bridgehead atoms. The molecule has 9 nitrogen and oxygen atoms in total. The molecule has 35 heavy (non-hydrogen) atoms. The summed E-state index contributed by atoms with van der Waals surface area (Å²) < 4.78 is 16.1. The summed E-state index contributed by atoms with van der Waals surface area (Å²) in [6.45, 7) is 11.4. The van der Waals surface area contributed by atoms with Crippen molar-refractivity contribution in [3.05, 3.63) is 42.0 Å². The van der Waals surface area contributed by atoms with E-state index >= 15 is 0 Å². The summed E-state index contributed by atoms with van der Waals surface area (Å²) in [5, 5.41) is 3.40. The maximum atomic E-state index is 13.7. The maximum Gasteiger partial charge on any atom is 0.437 e. The van der Waals surface area contributed by atoms with E-state index in [2.05, 4.69) is 16.9 Å². The number of hydrogen-bond donors (Lipinski definition) is 1. The molecule has 0 aromatic heterocycles. The first-order valence-corrected chi connectivity index (χ1v) is 11.9. The Hall–Kier alpha value is -3.36. The lowest BCUT2D eigenvalue weighted by atomic mass is 9.84. The topological polar surface area (TPSA) is 107 Å². The second-order valence-electron chi connectivity index (χ2n) is 9.84. The number of ether oxygens (including phenoxy) is 3. The number of aliphatic imine (C=N–C) groups is 1. The van der Waals surface area contributed by atoms with E-state index in [1.807, 2.05) is 13.0 Å². The van der Waals surface area contributed by atoms with Gasteiger partial charge in [0.25, 0.3) is 0 Å². The molecule has 0 radical (unpaired) electrons. The van der Waals surface area contributed by atoms with E-state index in [-0.39, 0.29) is 18.3 Å². The number of carbonyl (C=O) groups excluding carboxylic acids is 3. The van der Waals surface area contributed by atoms with Crippen LogP contribution < -0.4 is 10.1 Å². The van der Waals surface area contributed by atoms with Gasteiger partial charge in [-0.25, -0.2) is 9.59 Å². The Morgan fingerprint density at radius 1 is 1.37 bits per heavy atom. The smallest absolute Gasteiger partial charge is 0.437 e. The van der Waals surface area contributed by atoms with Crippen molar-refractivity contribution < 1.29 is 28.6 Å². The quantitative estimate of drug-likeness (QED) is 0.466. The molecule has 1 aromatic rings. The van der Waals surface area contributed by atoms with Gasteiger partial charge in [0.1, 0.15) is 11.4 Å². The molecule has 2 heterocycles. The zero-order valence-corrected chi connectivity index (χ0v) is 21.2. The van der Waals surface area contributed by atoms with Gasteiger partial charge in [0, 0.05) is 17.5 Å². The summed E-state index contributed by atoms with van der Waals surface area (Å²) in [5.74, 6) is 0.0515. The number of guanidine groups is 1. The lowest BCUT2D eigenvalue weighted by molar-refractivity contribution is -0.133. The van der Waals surface area contributed by atoms with Crippen molar-refractivity contribution in [3.8, 4) is 5.75 Å². The molecular weight excluding hydrogens is 450 g/mol. The van der Waals surface area contributed by atoms with Crippen LogP contribution >= 0.6 is 0 Å². The van der Waals surface area contributed by atoms with Gasteiger partial charge in [-0.1, -0.05) is 13.0 Å². The molecule has 190 valence electrons. The molecule has 0 spiro atoms. The largest absolute Gasteiger partial charge is 0.493 e. The molecule has 2 atom stereocenters. The molecule has 0 aliphatic carbocycles. The van der Waals surface area contributed by atoms with Crippen LogP contribution in [-0.4, -0.2) is 53.7 Å². The number of benzene rings is 1. The monoisotopic (exact) mass is 485 g/mol. The Labute approximate surface area is 206 Å². The van der Waals surface area contributed by atoms with E-state index < -0.39 is 29.2 Å². The molecule has 2 aliphatic rings. The van der Waals surface area contributed by atoms with Crippen molar-refractivity contribution in [1.82, 2.24) is 10.2 Å². The third-order valence-corrected chi connectivity index (χ3v) is 6.21. The van der Waals surface area contributed by atoms with Crippen molar-refractivity contribution in [3.63, 3.8) is 0 Å². The van der Waals surface area contributed by atoms with Gasteiger partial charge in [-0.3, -0.25) is 9.69 Å². The van der Waals surface area contributed by atoms with Gasteiger partial charge < -0.3 is 19.5 Å². The Morgan fingerprint density at radius 3 is 2.74 bits per heavy atom. The molecule has 9 heteroatoms. The van der Waals surface area contributed by atoms with E-state index in [4.69, 9.17) is 14.2 Å². The van der Waals surface area contributed by atoms with Crippen LogP contribution in [0.25, 0.3) is 0 Å². The third-order valence-electron chi connectivity index (χ3n) is 6.21. The molecule has 1 saturated heterocycles. The number of allylic oxidation sites excluding steroid dienone is 1. The summed E-state index contributed by atoms with van der Waals surface area (Å²) in [5.41, 5.74) is -0.305. The lowest BCUT2D eigenvalue weighted by Gasteiger charge is -2.46. The first-order valence-electron chi connectivity index (χ1n) is 11.9. The summed E-state index contributed by atoms with van der Waals surface area (Å²) >= 11 is 0. The predicted octanol–water partition coefficient (Wildman–Crippen LogP) is 4.52. The van der Waals surface area contributed by atoms with Crippen LogP contribution in [0.5, 0.6) is 5.75 Å². The standard InChI is InChI=1S/C26H35N3O6/c1-7-9-13-26(8-2)16-21(30)29(23(28-26)27-24(32)35-25(3,4)5)19-12-14-34-20-11-10-17(15-18(19)20)22(31)33-6/h7,10-11,15,19H,1,8-9,12-14,16H2,2-6H3,(H,27,28,32)/t19-,26?/m1/s1. The van der Waals surface area contributed by atoms with E-state index in [1.165, 1.54) is 12.0 Å². The fraction of sp³-hybridized carbons (Fsp3) is 0.538. The van der Waals surface area contributed by atoms with Crippen LogP contribution in [0.4, 0.5) is 4.79 Å². The van der Waals surface area contributed by atoms with Crippen LogP contribution in [-0.2, 0) is 14.3 Å². The first kappa shape index (κ1) is 26.2. The van der Waals surface area contributed by atoms with E-state index in [0.717, 1.165) is 0 Å². The van der Waals surface area contributed by atoms with Gasteiger partial charge in [-0.2, -0.15) is 0 Å². The highest BCUT2D eigenvalue weighted by Gasteiger charge is 2.45. The average molecular weight is 486 g/mol. The number of fused-ring (bicyclic) bond motifs is 1. The van der Waals surface area contributed by atoms with Crippen LogP contribution in [0.1, 0.15) is 81.8 Å². The first-order chi connectivity index (χ1) is 16.5. The average Bonchev–Trinajstić information content (AvgIpc) is 2.80.